The van der Waals surface area contributed by atoms with Gasteiger partial charge in [0.1, 0.15) is 5.82 Å². The molecule has 1 aromatic heterocycles. The summed E-state index contributed by atoms with van der Waals surface area (Å²) in [6, 6.07) is 5.86. The highest BCUT2D eigenvalue weighted by atomic mass is 16.3. The zero-order chi connectivity index (χ0) is 12.1. The second-order valence-corrected chi connectivity index (χ2v) is 3.98. The molecule has 0 bridgehead atoms. The maximum atomic E-state index is 9.01. The highest BCUT2D eigenvalue weighted by molar-refractivity contribution is 5.47. The van der Waals surface area contributed by atoms with Crippen LogP contribution in [0.15, 0.2) is 12.1 Å². The normalized spacial score (nSPS) is 10.2. The predicted octanol–water partition coefficient (Wildman–Crippen LogP) is 1.47. The van der Waals surface area contributed by atoms with E-state index in [9.17, 15) is 0 Å². The lowest BCUT2D eigenvalue weighted by Crippen LogP contribution is -2.34. The van der Waals surface area contributed by atoms with E-state index in [0.29, 0.717) is 12.1 Å². The molecule has 0 amide bonds. The van der Waals surface area contributed by atoms with Gasteiger partial charge in [-0.3, -0.25) is 0 Å². The van der Waals surface area contributed by atoms with Crippen LogP contribution in [0.5, 0.6) is 0 Å². The van der Waals surface area contributed by atoms with E-state index >= 15 is 0 Å². The Morgan fingerprint density at radius 2 is 2.19 bits per heavy atom. The molecule has 0 unspecified atom stereocenters. The van der Waals surface area contributed by atoms with Gasteiger partial charge in [0.25, 0.3) is 0 Å². The molecule has 1 heterocycles. The maximum absolute atomic E-state index is 9.01. The average molecular weight is 219 g/mol. The van der Waals surface area contributed by atoms with Crippen LogP contribution in [-0.2, 0) is 0 Å². The van der Waals surface area contributed by atoms with Crippen molar-refractivity contribution < 1.29 is 5.11 Å². The Hall–Kier alpha value is -1.60. The second-order valence-electron chi connectivity index (χ2n) is 3.98. The molecule has 0 spiro atoms. The Kier molecular flexibility index (Phi) is 4.27. The third kappa shape index (κ3) is 2.94. The SMILES string of the molecule is Cc1cc(C#N)cc(N(CCO)C(C)C)n1. The molecule has 1 rings (SSSR count). The zero-order valence-electron chi connectivity index (χ0n) is 9.94. The number of hydrogen-bond donors (Lipinski definition) is 1. The number of hydrogen-bond acceptors (Lipinski definition) is 4. The van der Waals surface area contributed by atoms with Gasteiger partial charge in [0.05, 0.1) is 18.2 Å². The number of nitrogens with zero attached hydrogens (tertiary/aromatic N) is 3. The van der Waals surface area contributed by atoms with Crippen molar-refractivity contribution in [2.75, 3.05) is 18.1 Å². The second kappa shape index (κ2) is 5.47. The van der Waals surface area contributed by atoms with Gasteiger partial charge in [0.2, 0.25) is 0 Å². The van der Waals surface area contributed by atoms with Gasteiger partial charge in [-0.05, 0) is 32.9 Å². The largest absolute Gasteiger partial charge is 0.395 e. The van der Waals surface area contributed by atoms with Crippen molar-refractivity contribution in [1.29, 1.82) is 5.26 Å². The summed E-state index contributed by atoms with van der Waals surface area (Å²) in [5.74, 6) is 0.751. The summed E-state index contributed by atoms with van der Waals surface area (Å²) in [4.78, 5) is 6.37. The molecule has 4 heteroatoms. The fourth-order valence-corrected chi connectivity index (χ4v) is 1.61. The van der Waals surface area contributed by atoms with Gasteiger partial charge >= 0.3 is 0 Å². The molecule has 16 heavy (non-hydrogen) atoms. The van der Waals surface area contributed by atoms with Gasteiger partial charge in [-0.1, -0.05) is 0 Å². The minimum atomic E-state index is 0.0791. The number of rotatable bonds is 4. The van der Waals surface area contributed by atoms with Crippen LogP contribution in [0, 0.1) is 18.3 Å². The molecule has 86 valence electrons. The van der Waals surface area contributed by atoms with E-state index in [-0.39, 0.29) is 12.6 Å². The quantitative estimate of drug-likeness (QED) is 0.833. The van der Waals surface area contributed by atoms with Gasteiger partial charge in [0, 0.05) is 18.3 Å². The monoisotopic (exact) mass is 219 g/mol. The third-order valence-corrected chi connectivity index (χ3v) is 2.33. The molecule has 0 aromatic carbocycles. The Morgan fingerprint density at radius 3 is 2.69 bits per heavy atom. The third-order valence-electron chi connectivity index (χ3n) is 2.33. The summed E-state index contributed by atoms with van der Waals surface area (Å²) in [5, 5.41) is 17.9. The smallest absolute Gasteiger partial charge is 0.130 e. The molecule has 0 saturated carbocycles. The Balaban J connectivity index is 3.09. The van der Waals surface area contributed by atoms with Crippen LogP contribution < -0.4 is 4.90 Å². The number of aliphatic hydroxyl groups excluding tert-OH is 1. The first-order valence-electron chi connectivity index (χ1n) is 5.34. The van der Waals surface area contributed by atoms with Crippen molar-refractivity contribution in [3.63, 3.8) is 0 Å². The molecule has 0 aliphatic heterocycles. The van der Waals surface area contributed by atoms with Gasteiger partial charge in [-0.25, -0.2) is 4.98 Å². The van der Waals surface area contributed by atoms with Crippen molar-refractivity contribution in [2.45, 2.75) is 26.8 Å². The first-order chi connectivity index (χ1) is 7.58. The van der Waals surface area contributed by atoms with E-state index in [1.807, 2.05) is 25.7 Å². The summed E-state index contributed by atoms with van der Waals surface area (Å²) >= 11 is 0. The van der Waals surface area contributed by atoms with Crippen LogP contribution in [0.1, 0.15) is 25.1 Å². The topological polar surface area (TPSA) is 60.2 Å². The van der Waals surface area contributed by atoms with Crippen LogP contribution in [0.25, 0.3) is 0 Å². The van der Waals surface area contributed by atoms with Crippen LogP contribution in [-0.4, -0.2) is 29.3 Å². The van der Waals surface area contributed by atoms with Crippen molar-refractivity contribution in [3.05, 3.63) is 23.4 Å². The van der Waals surface area contributed by atoms with E-state index < -0.39 is 0 Å². The lowest BCUT2D eigenvalue weighted by Gasteiger charge is -2.27. The van der Waals surface area contributed by atoms with Gasteiger partial charge in [0.15, 0.2) is 0 Å². The van der Waals surface area contributed by atoms with E-state index in [0.717, 1.165) is 11.5 Å². The Morgan fingerprint density at radius 1 is 1.50 bits per heavy atom. The fraction of sp³-hybridized carbons (Fsp3) is 0.500. The van der Waals surface area contributed by atoms with E-state index in [1.54, 1.807) is 12.1 Å². The first kappa shape index (κ1) is 12.5. The van der Waals surface area contributed by atoms with Crippen LogP contribution in [0.3, 0.4) is 0 Å². The van der Waals surface area contributed by atoms with Crippen molar-refractivity contribution >= 4 is 5.82 Å². The summed E-state index contributed by atoms with van der Waals surface area (Å²) in [6.07, 6.45) is 0. The summed E-state index contributed by atoms with van der Waals surface area (Å²) in [7, 11) is 0. The predicted molar refractivity (Wildman–Crippen MR) is 63.3 cm³/mol. The summed E-state index contributed by atoms with van der Waals surface area (Å²) < 4.78 is 0. The number of anilines is 1. The average Bonchev–Trinajstić information content (AvgIpc) is 2.24. The number of pyridine rings is 1. The van der Waals surface area contributed by atoms with E-state index in [1.165, 1.54) is 0 Å². The first-order valence-corrected chi connectivity index (χ1v) is 5.34. The lowest BCUT2D eigenvalue weighted by molar-refractivity contribution is 0.298. The lowest BCUT2D eigenvalue weighted by atomic mass is 10.2. The van der Waals surface area contributed by atoms with Crippen molar-refractivity contribution in [3.8, 4) is 6.07 Å². The molecule has 0 fully saturated rings. The van der Waals surface area contributed by atoms with Gasteiger partial charge < -0.3 is 10.0 Å². The van der Waals surface area contributed by atoms with Crippen molar-refractivity contribution in [1.82, 2.24) is 4.98 Å². The Labute approximate surface area is 96.2 Å². The van der Waals surface area contributed by atoms with Crippen LogP contribution >= 0.6 is 0 Å². The minimum Gasteiger partial charge on any atom is -0.395 e. The number of aliphatic hydroxyl groups is 1. The molecular formula is C12H17N3O. The highest BCUT2D eigenvalue weighted by Crippen LogP contribution is 2.16. The standard InChI is InChI=1S/C12H17N3O/c1-9(2)15(4-5-16)12-7-11(8-13)6-10(3)14-12/h6-7,9,16H,4-5H2,1-3H3. The molecule has 0 aliphatic carbocycles. The van der Waals surface area contributed by atoms with Gasteiger partial charge in [-0.2, -0.15) is 5.26 Å². The molecule has 1 aromatic rings. The minimum absolute atomic E-state index is 0.0791. The molecule has 1 N–H and O–H groups in total. The maximum Gasteiger partial charge on any atom is 0.130 e. The molecule has 0 radical (unpaired) electrons. The zero-order valence-corrected chi connectivity index (χ0v) is 9.94. The van der Waals surface area contributed by atoms with Crippen LogP contribution in [0.4, 0.5) is 5.82 Å². The number of aromatic nitrogens is 1. The van der Waals surface area contributed by atoms with Crippen molar-refractivity contribution in [2.24, 2.45) is 0 Å². The highest BCUT2D eigenvalue weighted by Gasteiger charge is 2.12. The number of nitriles is 1. The Bertz CT molecular complexity index is 396. The summed E-state index contributed by atoms with van der Waals surface area (Å²) in [6.45, 7) is 6.54. The molecular weight excluding hydrogens is 202 g/mol. The number of aryl methyl sites for hydroxylation is 1. The van der Waals surface area contributed by atoms with E-state index in [2.05, 4.69) is 11.1 Å². The molecule has 0 aliphatic rings. The summed E-state index contributed by atoms with van der Waals surface area (Å²) in [5.41, 5.74) is 1.42. The molecule has 0 saturated heterocycles. The molecule has 4 nitrogen and oxygen atoms in total. The molecule has 0 atom stereocenters. The fourth-order valence-electron chi connectivity index (χ4n) is 1.61. The van der Waals surface area contributed by atoms with Gasteiger partial charge in [-0.15, -0.1) is 0 Å². The van der Waals surface area contributed by atoms with E-state index in [4.69, 9.17) is 10.4 Å². The van der Waals surface area contributed by atoms with Crippen LogP contribution in [0.2, 0.25) is 0 Å².